The van der Waals surface area contributed by atoms with E-state index in [1.54, 1.807) is 0 Å². The van der Waals surface area contributed by atoms with Crippen molar-refractivity contribution in [1.29, 1.82) is 0 Å². The second kappa shape index (κ2) is 5.66. The van der Waals surface area contributed by atoms with E-state index in [0.717, 1.165) is 0 Å². The fourth-order valence-electron chi connectivity index (χ4n) is 1.65. The zero-order valence-electron chi connectivity index (χ0n) is 10.2. The zero-order chi connectivity index (χ0) is 12.1. The average Bonchev–Trinajstić information content (AvgIpc) is 2.26. The lowest BCUT2D eigenvalue weighted by molar-refractivity contribution is -0.120. The van der Waals surface area contributed by atoms with E-state index in [0.29, 0.717) is 6.42 Å². The summed E-state index contributed by atoms with van der Waals surface area (Å²) < 4.78 is 0. The summed E-state index contributed by atoms with van der Waals surface area (Å²) in [6.45, 7) is 6.04. The summed E-state index contributed by atoms with van der Waals surface area (Å²) in [5.41, 5.74) is 7.70. The van der Waals surface area contributed by atoms with Crippen molar-refractivity contribution in [1.82, 2.24) is 5.32 Å². The second-order valence-corrected chi connectivity index (χ2v) is 4.16. The Bertz CT molecular complexity index is 345. The van der Waals surface area contributed by atoms with Crippen LogP contribution in [-0.4, -0.2) is 11.9 Å². The van der Waals surface area contributed by atoms with Crippen molar-refractivity contribution < 1.29 is 4.79 Å². The third-order valence-corrected chi connectivity index (χ3v) is 2.78. The molecule has 0 aliphatic heterocycles. The summed E-state index contributed by atoms with van der Waals surface area (Å²) in [5, 5.41) is 3.23. The quantitative estimate of drug-likeness (QED) is 0.796. The van der Waals surface area contributed by atoms with E-state index >= 15 is 0 Å². The topological polar surface area (TPSA) is 55.1 Å². The smallest absolute Gasteiger partial charge is 0.234 e. The first-order chi connectivity index (χ1) is 7.54. The lowest BCUT2D eigenvalue weighted by atomic mass is 10.0. The molecule has 1 rings (SSSR count). The van der Waals surface area contributed by atoms with Crippen molar-refractivity contribution in [2.75, 3.05) is 0 Å². The Morgan fingerprint density at radius 2 is 1.94 bits per heavy atom. The highest BCUT2D eigenvalue weighted by Gasteiger charge is 2.15. The number of carbonyl (C=O) groups excluding carboxylic acids is 1. The number of nitrogens with two attached hydrogens (primary N) is 1. The normalized spacial score (nSPS) is 14.4. The van der Waals surface area contributed by atoms with Gasteiger partial charge < -0.3 is 5.73 Å². The first-order valence-corrected chi connectivity index (χ1v) is 5.66. The first kappa shape index (κ1) is 12.7. The maximum atomic E-state index is 11.1. The number of amides is 1. The van der Waals surface area contributed by atoms with E-state index in [1.807, 2.05) is 13.8 Å². The maximum absolute atomic E-state index is 11.1. The molecule has 88 valence electrons. The predicted octanol–water partition coefficient (Wildman–Crippen LogP) is 1.91. The van der Waals surface area contributed by atoms with Crippen LogP contribution in [0.15, 0.2) is 24.3 Å². The standard InChI is InChI=1S/C13H20N2O/c1-4-12(13(14)16)15-10(3)11-7-5-9(2)6-8-11/h5-8,10,12,15H,4H2,1-3H3,(H2,14,16)/t10-,12?/m0/s1. The molecule has 0 saturated heterocycles. The molecule has 0 aliphatic carbocycles. The molecule has 1 aromatic rings. The molecule has 0 aromatic heterocycles. The van der Waals surface area contributed by atoms with Gasteiger partial charge >= 0.3 is 0 Å². The van der Waals surface area contributed by atoms with Crippen LogP contribution in [0.2, 0.25) is 0 Å². The van der Waals surface area contributed by atoms with Crippen LogP contribution in [-0.2, 0) is 4.79 Å². The Morgan fingerprint density at radius 1 is 1.38 bits per heavy atom. The summed E-state index contributed by atoms with van der Waals surface area (Å²) in [7, 11) is 0. The van der Waals surface area contributed by atoms with E-state index in [2.05, 4.69) is 36.5 Å². The third-order valence-electron chi connectivity index (χ3n) is 2.78. The molecule has 0 aliphatic rings. The lowest BCUT2D eigenvalue weighted by Crippen LogP contribution is -2.41. The Hall–Kier alpha value is -1.35. The molecule has 16 heavy (non-hydrogen) atoms. The molecule has 0 saturated carbocycles. The van der Waals surface area contributed by atoms with Crippen LogP contribution in [0, 0.1) is 6.92 Å². The summed E-state index contributed by atoms with van der Waals surface area (Å²) in [4.78, 5) is 11.1. The lowest BCUT2D eigenvalue weighted by Gasteiger charge is -2.20. The van der Waals surface area contributed by atoms with Gasteiger partial charge in [0.05, 0.1) is 6.04 Å². The Labute approximate surface area is 97.0 Å². The van der Waals surface area contributed by atoms with Gasteiger partial charge in [0.2, 0.25) is 5.91 Å². The number of rotatable bonds is 5. The molecule has 3 nitrogen and oxygen atoms in total. The SMILES string of the molecule is CCC(N[C@@H](C)c1ccc(C)cc1)C(N)=O. The number of nitrogens with one attached hydrogen (secondary N) is 1. The van der Waals surface area contributed by atoms with E-state index in [9.17, 15) is 4.79 Å². The van der Waals surface area contributed by atoms with Gasteiger partial charge in [-0.15, -0.1) is 0 Å². The molecule has 2 atom stereocenters. The van der Waals surface area contributed by atoms with Gasteiger partial charge in [0.15, 0.2) is 0 Å². The Balaban J connectivity index is 2.67. The maximum Gasteiger partial charge on any atom is 0.234 e. The van der Waals surface area contributed by atoms with Crippen molar-refractivity contribution in [3.8, 4) is 0 Å². The highest BCUT2D eigenvalue weighted by molar-refractivity contribution is 5.79. The fraction of sp³-hybridized carbons (Fsp3) is 0.462. The molecule has 3 heteroatoms. The third kappa shape index (κ3) is 3.35. The first-order valence-electron chi connectivity index (χ1n) is 5.66. The van der Waals surface area contributed by atoms with Crippen LogP contribution >= 0.6 is 0 Å². The van der Waals surface area contributed by atoms with Gasteiger partial charge in [-0.2, -0.15) is 0 Å². The summed E-state index contributed by atoms with van der Waals surface area (Å²) in [6.07, 6.45) is 0.714. The molecule has 0 fully saturated rings. The summed E-state index contributed by atoms with van der Waals surface area (Å²) in [5.74, 6) is -0.290. The molecule has 0 bridgehead atoms. The molecule has 0 heterocycles. The van der Waals surface area contributed by atoms with Crippen LogP contribution in [0.5, 0.6) is 0 Å². The van der Waals surface area contributed by atoms with Gasteiger partial charge in [-0.05, 0) is 25.8 Å². The number of primary amides is 1. The van der Waals surface area contributed by atoms with Crippen molar-refractivity contribution >= 4 is 5.91 Å². The summed E-state index contributed by atoms with van der Waals surface area (Å²) in [6, 6.07) is 8.16. The average molecular weight is 220 g/mol. The van der Waals surface area contributed by atoms with E-state index in [-0.39, 0.29) is 18.0 Å². The number of carbonyl (C=O) groups is 1. The number of benzene rings is 1. The minimum Gasteiger partial charge on any atom is -0.368 e. The Morgan fingerprint density at radius 3 is 2.38 bits per heavy atom. The van der Waals surface area contributed by atoms with E-state index < -0.39 is 0 Å². The monoisotopic (exact) mass is 220 g/mol. The number of aryl methyl sites for hydroxylation is 1. The fourth-order valence-corrected chi connectivity index (χ4v) is 1.65. The van der Waals surface area contributed by atoms with Crippen LogP contribution in [0.25, 0.3) is 0 Å². The van der Waals surface area contributed by atoms with Gasteiger partial charge in [-0.1, -0.05) is 36.8 Å². The molecule has 1 aromatic carbocycles. The molecule has 1 amide bonds. The van der Waals surface area contributed by atoms with Gasteiger partial charge in [-0.3, -0.25) is 10.1 Å². The van der Waals surface area contributed by atoms with Gasteiger partial charge in [0.1, 0.15) is 0 Å². The van der Waals surface area contributed by atoms with Gasteiger partial charge in [0, 0.05) is 6.04 Å². The minimum absolute atomic E-state index is 0.137. The second-order valence-electron chi connectivity index (χ2n) is 4.16. The van der Waals surface area contributed by atoms with Gasteiger partial charge in [-0.25, -0.2) is 0 Å². The molecular weight excluding hydrogens is 200 g/mol. The van der Waals surface area contributed by atoms with E-state index in [1.165, 1.54) is 11.1 Å². The predicted molar refractivity (Wildman–Crippen MR) is 66.0 cm³/mol. The number of hydrogen-bond donors (Lipinski definition) is 2. The molecule has 1 unspecified atom stereocenters. The molecule has 0 spiro atoms. The van der Waals surface area contributed by atoms with Gasteiger partial charge in [0.25, 0.3) is 0 Å². The zero-order valence-corrected chi connectivity index (χ0v) is 10.2. The van der Waals surface area contributed by atoms with Crippen molar-refractivity contribution in [2.24, 2.45) is 5.73 Å². The highest BCUT2D eigenvalue weighted by Crippen LogP contribution is 2.14. The molecule has 3 N–H and O–H groups in total. The Kier molecular flexibility index (Phi) is 4.50. The largest absolute Gasteiger partial charge is 0.368 e. The van der Waals surface area contributed by atoms with Crippen LogP contribution in [0.4, 0.5) is 0 Å². The van der Waals surface area contributed by atoms with Crippen LogP contribution < -0.4 is 11.1 Å². The van der Waals surface area contributed by atoms with Crippen LogP contribution in [0.1, 0.15) is 37.4 Å². The van der Waals surface area contributed by atoms with Crippen molar-refractivity contribution in [3.05, 3.63) is 35.4 Å². The van der Waals surface area contributed by atoms with Crippen molar-refractivity contribution in [3.63, 3.8) is 0 Å². The minimum atomic E-state index is -0.290. The van der Waals surface area contributed by atoms with E-state index in [4.69, 9.17) is 5.73 Å². The van der Waals surface area contributed by atoms with Crippen LogP contribution in [0.3, 0.4) is 0 Å². The summed E-state index contributed by atoms with van der Waals surface area (Å²) >= 11 is 0. The van der Waals surface area contributed by atoms with Crippen molar-refractivity contribution in [2.45, 2.75) is 39.3 Å². The molecule has 0 radical (unpaired) electrons. The molecular formula is C13H20N2O. The highest BCUT2D eigenvalue weighted by atomic mass is 16.1. The number of hydrogen-bond acceptors (Lipinski definition) is 2.